The number of carbonyl (C=O) groups excluding carboxylic acids is 1. The van der Waals surface area contributed by atoms with E-state index in [0.717, 1.165) is 16.0 Å². The Hall–Kier alpha value is -4.11. The molecule has 10 heteroatoms. The van der Waals surface area contributed by atoms with Crippen LogP contribution in [0.2, 0.25) is 5.02 Å². The van der Waals surface area contributed by atoms with Gasteiger partial charge in [-0.1, -0.05) is 23.7 Å². The summed E-state index contributed by atoms with van der Waals surface area (Å²) in [5, 5.41) is 3.82. The van der Waals surface area contributed by atoms with Crippen molar-refractivity contribution in [1.29, 1.82) is 0 Å². The van der Waals surface area contributed by atoms with E-state index in [4.69, 9.17) is 16.4 Å². The second-order valence-corrected chi connectivity index (χ2v) is 8.55. The first-order valence-electron chi connectivity index (χ1n) is 11.1. The van der Waals surface area contributed by atoms with Crippen LogP contribution in [0.25, 0.3) is 5.69 Å². The molecule has 3 heterocycles. The van der Waals surface area contributed by atoms with Crippen molar-refractivity contribution in [2.45, 2.75) is 19.5 Å². The molecule has 2 aromatic heterocycles. The number of benzene rings is 2. The van der Waals surface area contributed by atoms with Gasteiger partial charge in [0.05, 0.1) is 24.1 Å². The van der Waals surface area contributed by atoms with Crippen LogP contribution in [0.1, 0.15) is 27.2 Å². The number of imidazole rings is 1. The predicted octanol–water partition coefficient (Wildman–Crippen LogP) is 2.95. The van der Waals surface area contributed by atoms with Gasteiger partial charge in [0, 0.05) is 48.2 Å². The molecule has 1 N–H and O–H groups in total. The van der Waals surface area contributed by atoms with Crippen molar-refractivity contribution in [3.8, 4) is 5.69 Å². The fourth-order valence-corrected chi connectivity index (χ4v) is 4.19. The Balaban J connectivity index is 1.34. The highest BCUT2D eigenvalue weighted by atomic mass is 35.5. The summed E-state index contributed by atoms with van der Waals surface area (Å²) in [7, 11) is 1.41. The van der Waals surface area contributed by atoms with Gasteiger partial charge in [-0.15, -0.1) is 4.73 Å². The number of halogens is 1. The molecule has 0 saturated heterocycles. The number of fused-ring (bicyclic) bond motifs is 1. The van der Waals surface area contributed by atoms with E-state index in [2.05, 4.69) is 15.3 Å². The van der Waals surface area contributed by atoms with Crippen molar-refractivity contribution >= 4 is 23.5 Å². The van der Waals surface area contributed by atoms with Crippen LogP contribution in [-0.4, -0.2) is 43.7 Å². The number of rotatable bonds is 6. The third kappa shape index (κ3) is 4.63. The number of hydrogen-bond donors (Lipinski definition) is 1. The Morgan fingerprint density at radius 2 is 1.91 bits per heavy atom. The largest absolute Gasteiger partial charge is 0.411 e. The minimum atomic E-state index is -0.330. The molecule has 0 bridgehead atoms. The number of aromatic nitrogens is 4. The number of carbonyl (C=O) groups is 1. The number of hydrogen-bond acceptors (Lipinski definition) is 6. The highest BCUT2D eigenvalue weighted by Crippen LogP contribution is 2.20. The molecule has 4 aromatic rings. The van der Waals surface area contributed by atoms with Gasteiger partial charge < -0.3 is 19.6 Å². The minimum absolute atomic E-state index is 0.138. The van der Waals surface area contributed by atoms with E-state index in [1.807, 2.05) is 35.0 Å². The van der Waals surface area contributed by atoms with Crippen LogP contribution in [0, 0.1) is 0 Å². The van der Waals surface area contributed by atoms with Gasteiger partial charge in [0.2, 0.25) is 5.95 Å². The summed E-state index contributed by atoms with van der Waals surface area (Å²) in [5.41, 5.74) is 3.25. The van der Waals surface area contributed by atoms with Crippen LogP contribution in [0.5, 0.6) is 0 Å². The molecule has 1 amide bonds. The maximum atomic E-state index is 13.2. The molecule has 9 nitrogen and oxygen atoms in total. The fourth-order valence-electron chi connectivity index (χ4n) is 4.07. The predicted molar refractivity (Wildman–Crippen MR) is 132 cm³/mol. The lowest BCUT2D eigenvalue weighted by Crippen LogP contribution is -2.42. The van der Waals surface area contributed by atoms with E-state index in [1.165, 1.54) is 7.11 Å². The Bertz CT molecular complexity index is 1400. The van der Waals surface area contributed by atoms with Gasteiger partial charge in [-0.05, 0) is 42.0 Å². The SMILES string of the molecule is COn1c(NCc2ccc(Cl)cc2)nc2c(c1=O)CN(C(=O)c1ccc(-n3ccnc3)cc1)CC2. The summed E-state index contributed by atoms with van der Waals surface area (Å²) in [6.45, 7) is 1.09. The third-order valence-corrected chi connectivity index (χ3v) is 6.19. The Kier molecular flexibility index (Phi) is 6.24. The first kappa shape index (κ1) is 22.7. The zero-order chi connectivity index (χ0) is 24.4. The summed E-state index contributed by atoms with van der Waals surface area (Å²) in [5.74, 6) is 0.183. The van der Waals surface area contributed by atoms with Gasteiger partial charge in [-0.25, -0.2) is 9.97 Å². The molecule has 0 fully saturated rings. The summed E-state index contributed by atoms with van der Waals surface area (Å²) >= 11 is 5.95. The second-order valence-electron chi connectivity index (χ2n) is 8.12. The molecule has 0 spiro atoms. The number of nitrogens with zero attached hydrogens (tertiary/aromatic N) is 5. The van der Waals surface area contributed by atoms with Gasteiger partial charge in [0.25, 0.3) is 11.5 Å². The molecule has 2 aromatic carbocycles. The summed E-state index contributed by atoms with van der Waals surface area (Å²) in [4.78, 5) is 42.0. The lowest BCUT2D eigenvalue weighted by molar-refractivity contribution is 0.0728. The monoisotopic (exact) mass is 490 g/mol. The van der Waals surface area contributed by atoms with Crippen molar-refractivity contribution < 1.29 is 9.63 Å². The van der Waals surface area contributed by atoms with Gasteiger partial charge in [0.15, 0.2) is 0 Å². The standard InChI is InChI=1S/C25H23ClN6O3/c1-35-32-24(34)21-15-30(23(33)18-4-8-20(9-5-18)31-13-11-27-16-31)12-10-22(21)29-25(32)28-14-17-2-6-19(26)7-3-17/h2-9,11,13,16H,10,12,14-15H2,1H3,(H,28,29). The molecular formula is C25H23ClN6O3. The van der Waals surface area contributed by atoms with Gasteiger partial charge in [-0.2, -0.15) is 0 Å². The highest BCUT2D eigenvalue weighted by Gasteiger charge is 2.27. The van der Waals surface area contributed by atoms with Crippen molar-refractivity contribution in [3.05, 3.63) is 105 Å². The molecule has 0 saturated carbocycles. The van der Waals surface area contributed by atoms with Crippen molar-refractivity contribution in [1.82, 2.24) is 24.2 Å². The lowest BCUT2D eigenvalue weighted by Gasteiger charge is -2.29. The summed E-state index contributed by atoms with van der Waals surface area (Å²) in [6, 6.07) is 14.7. The minimum Gasteiger partial charge on any atom is -0.411 e. The van der Waals surface area contributed by atoms with Crippen LogP contribution >= 0.6 is 11.6 Å². The molecule has 1 aliphatic heterocycles. The van der Waals surface area contributed by atoms with Crippen LogP contribution in [0.3, 0.4) is 0 Å². The molecule has 1 aliphatic rings. The van der Waals surface area contributed by atoms with E-state index in [-0.39, 0.29) is 18.0 Å². The van der Waals surface area contributed by atoms with Gasteiger partial charge >= 0.3 is 0 Å². The maximum Gasteiger partial charge on any atom is 0.293 e. The topological polar surface area (TPSA) is 94.3 Å². The van der Waals surface area contributed by atoms with Crippen LogP contribution in [0.15, 0.2) is 72.0 Å². The first-order chi connectivity index (χ1) is 17.0. The molecule has 5 rings (SSSR count). The first-order valence-corrected chi connectivity index (χ1v) is 11.5. The highest BCUT2D eigenvalue weighted by molar-refractivity contribution is 6.30. The average molecular weight is 491 g/mol. The zero-order valence-electron chi connectivity index (χ0n) is 19.0. The molecule has 0 atom stereocenters. The van der Waals surface area contributed by atoms with Crippen molar-refractivity contribution in [2.24, 2.45) is 0 Å². The maximum absolute atomic E-state index is 13.2. The Morgan fingerprint density at radius 1 is 1.14 bits per heavy atom. The average Bonchev–Trinajstić information content (AvgIpc) is 3.43. The smallest absolute Gasteiger partial charge is 0.293 e. The lowest BCUT2D eigenvalue weighted by atomic mass is 10.1. The third-order valence-electron chi connectivity index (χ3n) is 5.94. The van der Waals surface area contributed by atoms with Gasteiger partial charge in [-0.3, -0.25) is 9.59 Å². The van der Waals surface area contributed by atoms with E-state index in [0.29, 0.717) is 47.3 Å². The second kappa shape index (κ2) is 9.63. The number of nitrogens with one attached hydrogen (secondary N) is 1. The normalized spacial score (nSPS) is 12.8. The van der Waals surface area contributed by atoms with E-state index in [1.54, 1.807) is 41.7 Å². The van der Waals surface area contributed by atoms with E-state index < -0.39 is 0 Å². The van der Waals surface area contributed by atoms with Crippen molar-refractivity contribution in [3.63, 3.8) is 0 Å². The molecular weight excluding hydrogens is 468 g/mol. The van der Waals surface area contributed by atoms with Crippen LogP contribution in [-0.2, 0) is 19.5 Å². The van der Waals surface area contributed by atoms with Crippen LogP contribution in [0.4, 0.5) is 5.95 Å². The summed E-state index contributed by atoms with van der Waals surface area (Å²) in [6.07, 6.45) is 5.71. The molecule has 0 aliphatic carbocycles. The summed E-state index contributed by atoms with van der Waals surface area (Å²) < 4.78 is 2.99. The molecule has 178 valence electrons. The molecule has 35 heavy (non-hydrogen) atoms. The van der Waals surface area contributed by atoms with Crippen LogP contribution < -0.4 is 15.7 Å². The fraction of sp³-hybridized carbons (Fsp3) is 0.200. The zero-order valence-corrected chi connectivity index (χ0v) is 19.8. The molecule has 0 radical (unpaired) electrons. The quantitative estimate of drug-likeness (QED) is 0.446. The number of anilines is 1. The Morgan fingerprint density at radius 3 is 2.60 bits per heavy atom. The van der Waals surface area contributed by atoms with E-state index in [9.17, 15) is 9.59 Å². The van der Waals surface area contributed by atoms with Crippen molar-refractivity contribution in [2.75, 3.05) is 19.0 Å². The Labute approximate surface area is 206 Å². The van der Waals surface area contributed by atoms with E-state index >= 15 is 0 Å². The number of amides is 1. The molecule has 0 unspecified atom stereocenters. The van der Waals surface area contributed by atoms with Gasteiger partial charge in [0.1, 0.15) is 7.11 Å².